The zero-order chi connectivity index (χ0) is 33.7. The molecule has 4 aliphatic rings. The molecule has 2 fully saturated rings. The maximum Gasteiger partial charge on any atom is 0.343 e. The van der Waals surface area contributed by atoms with Crippen molar-refractivity contribution >= 4 is 29.3 Å². The average Bonchev–Trinajstić information content (AvgIpc) is 3.67. The molecule has 6 heterocycles. The van der Waals surface area contributed by atoms with Crippen LogP contribution in [0.3, 0.4) is 0 Å². The topological polar surface area (TPSA) is 162 Å². The Morgan fingerprint density at radius 3 is 2.62 bits per heavy atom. The summed E-state index contributed by atoms with van der Waals surface area (Å²) in [6, 6.07) is 11.6. The summed E-state index contributed by atoms with van der Waals surface area (Å²) >= 11 is 0. The molecule has 4 aliphatic heterocycles. The summed E-state index contributed by atoms with van der Waals surface area (Å²) in [7, 11) is 4.01. The van der Waals surface area contributed by atoms with Gasteiger partial charge >= 0.3 is 5.97 Å². The first-order chi connectivity index (χ1) is 22.4. The highest BCUT2D eigenvalue weighted by Gasteiger charge is 2.57. The van der Waals surface area contributed by atoms with Crippen LogP contribution in [0.5, 0.6) is 0 Å². The van der Waals surface area contributed by atoms with Crippen LogP contribution in [-0.2, 0) is 47.2 Å². The van der Waals surface area contributed by atoms with Crippen LogP contribution < -0.4 is 5.56 Å². The van der Waals surface area contributed by atoms with Crippen LogP contribution in [0.25, 0.3) is 22.3 Å². The number of hydrogen-bond acceptors (Lipinski definition) is 12. The summed E-state index contributed by atoms with van der Waals surface area (Å²) in [5.41, 5.74) is 1.81. The minimum atomic E-state index is -1.79. The van der Waals surface area contributed by atoms with E-state index in [0.29, 0.717) is 30.0 Å². The van der Waals surface area contributed by atoms with E-state index in [1.54, 1.807) is 17.6 Å². The number of fused-ring (bicyclic) bond motifs is 6. The second-order valence-corrected chi connectivity index (χ2v) is 13.1. The lowest BCUT2D eigenvalue weighted by molar-refractivity contribution is -0.231. The Kier molecular flexibility index (Phi) is 10.7. The van der Waals surface area contributed by atoms with Gasteiger partial charge in [0.15, 0.2) is 17.7 Å². The molecule has 0 radical (unpaired) electrons. The minimum absolute atomic E-state index is 0. The third kappa shape index (κ3) is 6.63. The van der Waals surface area contributed by atoms with Crippen molar-refractivity contribution in [1.82, 2.24) is 14.5 Å². The molecule has 14 heteroatoms. The second kappa shape index (κ2) is 14.1. The Bertz CT molecular complexity index is 1710. The first-order valence-electron chi connectivity index (χ1n) is 16.0. The second-order valence-electron chi connectivity index (χ2n) is 13.1. The Hall–Kier alpha value is -2.98. The number of aromatic nitrogens is 2. The molecule has 1 aromatic carbocycles. The van der Waals surface area contributed by atoms with Crippen molar-refractivity contribution in [2.75, 3.05) is 33.9 Å². The number of esters is 1. The zero-order valence-electron chi connectivity index (χ0n) is 27.7. The van der Waals surface area contributed by atoms with Crippen molar-refractivity contribution in [2.45, 2.75) is 88.9 Å². The molecule has 3 aromatic rings. The van der Waals surface area contributed by atoms with E-state index in [1.165, 1.54) is 0 Å². The quantitative estimate of drug-likeness (QED) is 0.183. The monoisotopic (exact) mass is 689 g/mol. The molecule has 3 N–H and O–H groups in total. The van der Waals surface area contributed by atoms with Gasteiger partial charge in [-0.2, -0.15) is 0 Å². The third-order valence-corrected chi connectivity index (χ3v) is 9.07. The molecule has 7 rings (SSSR count). The van der Waals surface area contributed by atoms with Gasteiger partial charge in [-0.3, -0.25) is 4.79 Å². The fourth-order valence-electron chi connectivity index (χ4n) is 6.63. The van der Waals surface area contributed by atoms with E-state index < -0.39 is 42.0 Å². The molecule has 262 valence electrons. The van der Waals surface area contributed by atoms with E-state index in [-0.39, 0.29) is 43.7 Å². The molecule has 0 saturated carbocycles. The Morgan fingerprint density at radius 2 is 1.92 bits per heavy atom. The number of ether oxygens (including phenoxy) is 5. The number of para-hydroxylation sites is 1. The summed E-state index contributed by atoms with van der Waals surface area (Å²) in [4.78, 5) is 32.0. The van der Waals surface area contributed by atoms with Crippen molar-refractivity contribution < 1.29 is 43.8 Å². The van der Waals surface area contributed by atoms with Crippen molar-refractivity contribution in [3.63, 3.8) is 0 Å². The number of rotatable bonds is 8. The highest BCUT2D eigenvalue weighted by Crippen LogP contribution is 2.40. The lowest BCUT2D eigenvalue weighted by Crippen LogP contribution is -2.44. The van der Waals surface area contributed by atoms with Crippen LogP contribution >= 0.6 is 12.4 Å². The van der Waals surface area contributed by atoms with Gasteiger partial charge in [0.25, 0.3) is 5.56 Å². The van der Waals surface area contributed by atoms with Gasteiger partial charge in [0.1, 0.15) is 31.0 Å². The molecule has 6 unspecified atom stereocenters. The molecule has 6 atom stereocenters. The molecule has 0 amide bonds. The number of carbonyl (C=O) groups is 1. The minimum Gasteiger partial charge on any atom is -0.458 e. The Labute approximate surface area is 284 Å². The fourth-order valence-corrected chi connectivity index (χ4v) is 6.63. The van der Waals surface area contributed by atoms with Crippen molar-refractivity contribution in [3.8, 4) is 11.4 Å². The lowest BCUT2D eigenvalue weighted by atomic mass is 9.86. The normalized spacial score (nSPS) is 26.9. The van der Waals surface area contributed by atoms with E-state index >= 15 is 0 Å². The number of benzene rings is 1. The SMILES string of the molecule is CCC1(O)C(=O)OCc2c1cc1n(c2=O)Cc2cc3ccccc3nc2-1.CN(C)CCCOC1C(C(O)CO)OC2OC(C)(C)OC21.Cl. The van der Waals surface area contributed by atoms with Crippen LogP contribution in [0.2, 0.25) is 0 Å². The number of halogens is 1. The van der Waals surface area contributed by atoms with Crippen LogP contribution in [0, 0.1) is 0 Å². The zero-order valence-corrected chi connectivity index (χ0v) is 28.6. The van der Waals surface area contributed by atoms with Gasteiger partial charge in [-0.25, -0.2) is 9.78 Å². The molecule has 13 nitrogen and oxygen atoms in total. The summed E-state index contributed by atoms with van der Waals surface area (Å²) < 4.78 is 29.7. The van der Waals surface area contributed by atoms with E-state index in [1.807, 2.05) is 58.3 Å². The summed E-state index contributed by atoms with van der Waals surface area (Å²) in [5.74, 6) is -1.43. The number of nitrogens with zero attached hydrogens (tertiary/aromatic N) is 3. The van der Waals surface area contributed by atoms with Gasteiger partial charge in [-0.15, -0.1) is 12.4 Å². The molecular weight excluding hydrogens is 646 g/mol. The number of aliphatic hydroxyl groups excluding tert-OH is 2. The number of hydrogen-bond donors (Lipinski definition) is 3. The largest absolute Gasteiger partial charge is 0.458 e. The number of aliphatic hydroxyl groups is 3. The van der Waals surface area contributed by atoms with Gasteiger partial charge in [0, 0.05) is 23.1 Å². The molecule has 48 heavy (non-hydrogen) atoms. The summed E-state index contributed by atoms with van der Waals surface area (Å²) in [5, 5.41) is 30.9. The first kappa shape index (κ1) is 36.3. The predicted octanol–water partition coefficient (Wildman–Crippen LogP) is 2.05. The summed E-state index contributed by atoms with van der Waals surface area (Å²) in [6.07, 6.45) is -2.03. The molecular formula is C34H44ClN3O10. The van der Waals surface area contributed by atoms with Crippen molar-refractivity contribution in [2.24, 2.45) is 0 Å². The third-order valence-electron chi connectivity index (χ3n) is 9.07. The van der Waals surface area contributed by atoms with Crippen molar-refractivity contribution in [1.29, 1.82) is 0 Å². The standard InChI is InChI=1S/C20H16N2O4.C14H27NO6.ClH/c1-2-20(25)14-8-16-17-12(7-11-5-3-4-6-15(11)21-17)9-22(16)18(23)13(14)10-26-19(20)24;1-14(2)20-12-11(18-7-5-6-15(3)4)10(9(17)8-16)19-13(12)21-14;/h3-8,25H,2,9-10H2,1H3;9-13,16-17H,5-8H2,1-4H3;1H. The molecule has 2 saturated heterocycles. The first-order valence-corrected chi connectivity index (χ1v) is 16.0. The maximum absolute atomic E-state index is 13.0. The van der Waals surface area contributed by atoms with Gasteiger partial charge in [-0.1, -0.05) is 25.1 Å². The van der Waals surface area contributed by atoms with Gasteiger partial charge in [-0.05, 0) is 65.5 Å². The van der Waals surface area contributed by atoms with E-state index in [9.17, 15) is 19.8 Å². The summed E-state index contributed by atoms with van der Waals surface area (Å²) in [6.45, 7) is 6.70. The van der Waals surface area contributed by atoms with Gasteiger partial charge in [0.2, 0.25) is 0 Å². The predicted molar refractivity (Wildman–Crippen MR) is 176 cm³/mol. The van der Waals surface area contributed by atoms with E-state index in [4.69, 9.17) is 33.8 Å². The molecule has 0 aliphatic carbocycles. The molecule has 0 spiro atoms. The Balaban J connectivity index is 0.000000189. The maximum atomic E-state index is 13.0. The smallest absolute Gasteiger partial charge is 0.343 e. The fraction of sp³-hybridized carbons (Fsp3) is 0.559. The van der Waals surface area contributed by atoms with Crippen molar-refractivity contribution in [3.05, 3.63) is 63.4 Å². The highest BCUT2D eigenvalue weighted by atomic mass is 35.5. The highest BCUT2D eigenvalue weighted by molar-refractivity contribution is 5.86. The average molecular weight is 690 g/mol. The van der Waals surface area contributed by atoms with Crippen LogP contribution in [0.1, 0.15) is 50.3 Å². The molecule has 0 bridgehead atoms. The van der Waals surface area contributed by atoms with Crippen LogP contribution in [0.15, 0.2) is 41.2 Å². The van der Waals surface area contributed by atoms with Gasteiger partial charge in [0.05, 0.1) is 35.6 Å². The molecule has 2 aromatic heterocycles. The number of carbonyl (C=O) groups excluding carboxylic acids is 1. The number of pyridine rings is 2. The van der Waals surface area contributed by atoms with Crippen LogP contribution in [-0.4, -0.2) is 106 Å². The lowest BCUT2D eigenvalue weighted by Gasteiger charge is -2.31. The van der Waals surface area contributed by atoms with Crippen LogP contribution in [0.4, 0.5) is 0 Å². The van der Waals surface area contributed by atoms with Gasteiger partial charge < -0.3 is 48.5 Å². The Morgan fingerprint density at radius 1 is 1.17 bits per heavy atom. The number of cyclic esters (lactones) is 1. The van der Waals surface area contributed by atoms with E-state index in [0.717, 1.165) is 35.1 Å². The van der Waals surface area contributed by atoms with E-state index in [2.05, 4.69) is 4.90 Å².